The minimum atomic E-state index is -3.44. The average Bonchev–Trinajstić information content (AvgIpc) is 2.61. The molecule has 0 aliphatic heterocycles. The van der Waals surface area contributed by atoms with Crippen LogP contribution in [-0.4, -0.2) is 35.3 Å². The number of carbonyl (C=O) groups excluding carboxylic acids is 1. The molecule has 3 rings (SSSR count). The van der Waals surface area contributed by atoms with E-state index >= 15 is 0 Å². The van der Waals surface area contributed by atoms with Gasteiger partial charge in [0, 0.05) is 11.6 Å². The van der Waals surface area contributed by atoms with E-state index in [0.717, 1.165) is 0 Å². The van der Waals surface area contributed by atoms with Gasteiger partial charge in [0.05, 0.1) is 38.8 Å². The minimum Gasteiger partial charge on any atom is -0.364 e. The zero-order valence-corrected chi connectivity index (χ0v) is 15.2. The number of amides is 1. The molecule has 1 aromatic carbocycles. The molecule has 0 aliphatic carbocycles. The molecule has 0 saturated heterocycles. The maximum atomic E-state index is 12.2. The van der Waals surface area contributed by atoms with E-state index in [1.165, 1.54) is 30.6 Å². The molecule has 8 nitrogen and oxygen atoms in total. The van der Waals surface area contributed by atoms with Crippen LogP contribution in [0.3, 0.4) is 0 Å². The quantitative estimate of drug-likeness (QED) is 0.682. The summed E-state index contributed by atoms with van der Waals surface area (Å²) in [4.78, 5) is 15.9. The highest BCUT2D eigenvalue weighted by atomic mass is 35.5. The highest BCUT2D eigenvalue weighted by molar-refractivity contribution is 7.91. The van der Waals surface area contributed by atoms with Crippen molar-refractivity contribution >= 4 is 49.6 Å². The van der Waals surface area contributed by atoms with E-state index in [1.54, 1.807) is 13.0 Å². The lowest BCUT2D eigenvalue weighted by atomic mass is 10.1. The summed E-state index contributed by atoms with van der Waals surface area (Å²) in [5.41, 5.74) is 6.40. The Balaban J connectivity index is 2.26. The van der Waals surface area contributed by atoms with Gasteiger partial charge in [0.1, 0.15) is 0 Å². The van der Waals surface area contributed by atoms with Crippen LogP contribution in [0.4, 0.5) is 11.4 Å². The number of hydrogen-bond acceptors (Lipinski definition) is 7. The van der Waals surface area contributed by atoms with Crippen LogP contribution in [0.25, 0.3) is 10.9 Å². The van der Waals surface area contributed by atoms with Gasteiger partial charge in [0.15, 0.2) is 15.5 Å². The van der Waals surface area contributed by atoms with Crippen LogP contribution in [0.1, 0.15) is 17.4 Å². The van der Waals surface area contributed by atoms with Gasteiger partial charge in [-0.1, -0.05) is 18.5 Å². The smallest absolute Gasteiger partial charge is 0.271 e. The summed E-state index contributed by atoms with van der Waals surface area (Å²) < 4.78 is 24.4. The standard InChI is InChI=1S/C16H14ClN5O3S/c1-2-26(24,25)11-3-4-13-12(6-11)14(15(16(18)23)22-21-13)20-10-5-9(17)7-19-8-10/h3-8H,2H2,1H3,(H2,18,23)(H,20,21). The van der Waals surface area contributed by atoms with Crippen molar-refractivity contribution in [3.8, 4) is 0 Å². The topological polar surface area (TPSA) is 128 Å². The van der Waals surface area contributed by atoms with Crippen LogP contribution >= 0.6 is 11.6 Å². The van der Waals surface area contributed by atoms with Crippen LogP contribution in [0.2, 0.25) is 5.02 Å². The Morgan fingerprint density at radius 3 is 2.65 bits per heavy atom. The lowest BCUT2D eigenvalue weighted by Gasteiger charge is -2.13. The fourth-order valence-corrected chi connectivity index (χ4v) is 3.45. The maximum Gasteiger partial charge on any atom is 0.271 e. The highest BCUT2D eigenvalue weighted by Crippen LogP contribution is 2.30. The van der Waals surface area contributed by atoms with E-state index < -0.39 is 15.7 Å². The third-order valence-corrected chi connectivity index (χ3v) is 5.62. The Morgan fingerprint density at radius 2 is 2.00 bits per heavy atom. The lowest BCUT2D eigenvalue weighted by molar-refractivity contribution is 0.0995. The summed E-state index contributed by atoms with van der Waals surface area (Å²) in [6.07, 6.45) is 2.95. The number of fused-ring (bicyclic) bond motifs is 1. The number of aromatic nitrogens is 3. The summed E-state index contributed by atoms with van der Waals surface area (Å²) in [5, 5.41) is 11.6. The van der Waals surface area contributed by atoms with E-state index in [2.05, 4.69) is 20.5 Å². The molecule has 2 heterocycles. The van der Waals surface area contributed by atoms with Crippen LogP contribution in [-0.2, 0) is 9.84 Å². The van der Waals surface area contributed by atoms with Crippen LogP contribution in [0.15, 0.2) is 41.6 Å². The summed E-state index contributed by atoms with van der Waals surface area (Å²) in [7, 11) is -3.44. The second-order valence-corrected chi connectivity index (χ2v) is 8.10. The molecule has 0 aliphatic rings. The molecule has 0 fully saturated rings. The molecule has 26 heavy (non-hydrogen) atoms. The number of benzene rings is 1. The number of nitrogens with zero attached hydrogens (tertiary/aromatic N) is 3. The Labute approximate surface area is 154 Å². The fourth-order valence-electron chi connectivity index (χ4n) is 2.37. The summed E-state index contributed by atoms with van der Waals surface area (Å²) in [6.45, 7) is 1.55. The lowest BCUT2D eigenvalue weighted by Crippen LogP contribution is -2.17. The molecule has 3 N–H and O–H groups in total. The molecule has 134 valence electrons. The van der Waals surface area contributed by atoms with Crippen molar-refractivity contribution in [2.75, 3.05) is 11.1 Å². The fraction of sp³-hybridized carbons (Fsp3) is 0.125. The zero-order valence-electron chi connectivity index (χ0n) is 13.6. The third kappa shape index (κ3) is 3.44. The van der Waals surface area contributed by atoms with Gasteiger partial charge in [0.2, 0.25) is 0 Å². The molecule has 0 atom stereocenters. The normalized spacial score (nSPS) is 11.5. The molecular formula is C16H14ClN5O3S. The molecule has 10 heteroatoms. The molecule has 0 spiro atoms. The Hall–Kier alpha value is -2.78. The number of nitrogens with one attached hydrogen (secondary N) is 1. The predicted molar refractivity (Wildman–Crippen MR) is 98.3 cm³/mol. The second-order valence-electron chi connectivity index (χ2n) is 5.39. The number of nitrogens with two attached hydrogens (primary N) is 1. The second kappa shape index (κ2) is 6.85. The van der Waals surface area contributed by atoms with Crippen molar-refractivity contribution in [3.05, 3.63) is 47.4 Å². The van der Waals surface area contributed by atoms with Gasteiger partial charge in [-0.05, 0) is 24.3 Å². The van der Waals surface area contributed by atoms with E-state index in [0.29, 0.717) is 21.6 Å². The van der Waals surface area contributed by atoms with Crippen molar-refractivity contribution in [2.24, 2.45) is 5.73 Å². The number of rotatable bonds is 5. The minimum absolute atomic E-state index is 0.0549. The molecule has 0 unspecified atom stereocenters. The van der Waals surface area contributed by atoms with Crippen LogP contribution < -0.4 is 11.1 Å². The Bertz CT molecular complexity index is 1120. The first-order valence-corrected chi connectivity index (χ1v) is 9.55. The van der Waals surface area contributed by atoms with Crippen molar-refractivity contribution in [2.45, 2.75) is 11.8 Å². The number of hydrogen-bond donors (Lipinski definition) is 2. The number of halogens is 1. The van der Waals surface area contributed by atoms with Crippen molar-refractivity contribution in [3.63, 3.8) is 0 Å². The van der Waals surface area contributed by atoms with Gasteiger partial charge in [-0.3, -0.25) is 9.78 Å². The van der Waals surface area contributed by atoms with E-state index in [1.807, 2.05) is 0 Å². The predicted octanol–water partition coefficient (Wildman–Crippen LogP) is 2.31. The van der Waals surface area contributed by atoms with Crippen LogP contribution in [0, 0.1) is 0 Å². The highest BCUT2D eigenvalue weighted by Gasteiger charge is 2.19. The number of pyridine rings is 1. The van der Waals surface area contributed by atoms with Crippen LogP contribution in [0.5, 0.6) is 0 Å². The Kier molecular flexibility index (Phi) is 4.75. The van der Waals surface area contributed by atoms with E-state index in [9.17, 15) is 13.2 Å². The molecular weight excluding hydrogens is 378 g/mol. The van der Waals surface area contributed by atoms with Crippen molar-refractivity contribution in [1.29, 1.82) is 0 Å². The molecule has 0 saturated carbocycles. The van der Waals surface area contributed by atoms with E-state index in [-0.39, 0.29) is 22.0 Å². The summed E-state index contributed by atoms with van der Waals surface area (Å²) in [6, 6.07) is 6.01. The van der Waals surface area contributed by atoms with Crippen molar-refractivity contribution < 1.29 is 13.2 Å². The first kappa shape index (κ1) is 18.0. The number of carbonyl (C=O) groups is 1. The van der Waals surface area contributed by atoms with Gasteiger partial charge in [-0.15, -0.1) is 10.2 Å². The van der Waals surface area contributed by atoms with Gasteiger partial charge >= 0.3 is 0 Å². The molecule has 3 aromatic rings. The zero-order chi connectivity index (χ0) is 18.9. The van der Waals surface area contributed by atoms with Gasteiger partial charge in [0.25, 0.3) is 5.91 Å². The van der Waals surface area contributed by atoms with Crippen molar-refractivity contribution in [1.82, 2.24) is 15.2 Å². The van der Waals surface area contributed by atoms with Gasteiger partial charge < -0.3 is 11.1 Å². The molecule has 1 amide bonds. The number of anilines is 2. The number of sulfone groups is 1. The Morgan fingerprint density at radius 1 is 1.23 bits per heavy atom. The summed E-state index contributed by atoms with van der Waals surface area (Å²) in [5.74, 6) is -0.860. The molecule has 2 aromatic heterocycles. The average molecular weight is 392 g/mol. The maximum absolute atomic E-state index is 12.2. The molecule has 0 bridgehead atoms. The number of primary amides is 1. The molecule has 0 radical (unpaired) electrons. The summed E-state index contributed by atoms with van der Waals surface area (Å²) >= 11 is 5.93. The van der Waals surface area contributed by atoms with E-state index in [4.69, 9.17) is 17.3 Å². The SMILES string of the molecule is CCS(=O)(=O)c1ccc2nnc(C(N)=O)c(Nc3cncc(Cl)c3)c2c1. The monoisotopic (exact) mass is 391 g/mol. The first-order valence-electron chi connectivity index (χ1n) is 7.52. The largest absolute Gasteiger partial charge is 0.364 e. The third-order valence-electron chi connectivity index (χ3n) is 3.68. The van der Waals surface area contributed by atoms with Gasteiger partial charge in [-0.25, -0.2) is 8.42 Å². The van der Waals surface area contributed by atoms with Gasteiger partial charge in [-0.2, -0.15) is 0 Å². The first-order chi connectivity index (χ1) is 12.3.